The van der Waals surface area contributed by atoms with Gasteiger partial charge in [0.1, 0.15) is 11.4 Å². The van der Waals surface area contributed by atoms with Gasteiger partial charge in [-0.15, -0.1) is 10.2 Å². The van der Waals surface area contributed by atoms with E-state index in [-0.39, 0.29) is 0 Å². The van der Waals surface area contributed by atoms with Gasteiger partial charge in [-0.3, -0.25) is 4.98 Å². The first-order valence-electron chi connectivity index (χ1n) is 8.14. The van der Waals surface area contributed by atoms with Gasteiger partial charge in [-0.1, -0.05) is 36.4 Å². The molecule has 4 aromatic rings. The first-order chi connectivity index (χ1) is 13.2. The lowest BCUT2D eigenvalue weighted by atomic mass is 10.1. The van der Waals surface area contributed by atoms with Crippen LogP contribution in [0.25, 0.3) is 22.8 Å². The van der Waals surface area contributed by atoms with Crippen LogP contribution in [0.4, 0.5) is 20.3 Å². The number of benzene rings is 2. The van der Waals surface area contributed by atoms with Crippen molar-refractivity contribution in [2.24, 2.45) is 0 Å². The number of halogens is 2. The summed E-state index contributed by atoms with van der Waals surface area (Å²) in [5.74, 6) is -1.18. The predicted octanol–water partition coefficient (Wildman–Crippen LogP) is 4.62. The Bertz CT molecular complexity index is 1070. The van der Waals surface area contributed by atoms with Crippen molar-refractivity contribution < 1.29 is 8.78 Å². The molecule has 0 unspecified atom stereocenters. The van der Waals surface area contributed by atoms with Crippen LogP contribution in [0.15, 0.2) is 72.9 Å². The highest BCUT2D eigenvalue weighted by Gasteiger charge is 2.14. The number of nitrogens with one attached hydrogen (secondary N) is 1. The zero-order valence-corrected chi connectivity index (χ0v) is 14.0. The summed E-state index contributed by atoms with van der Waals surface area (Å²) in [7, 11) is 0. The lowest BCUT2D eigenvalue weighted by Gasteiger charge is -2.11. The maximum absolute atomic E-state index is 13.6. The highest BCUT2D eigenvalue weighted by Crippen LogP contribution is 2.28. The fourth-order valence-electron chi connectivity index (χ4n) is 2.52. The number of rotatable bonds is 4. The molecule has 132 valence electrons. The lowest BCUT2D eigenvalue weighted by molar-refractivity contribution is 0.509. The molecule has 5 nitrogen and oxygen atoms in total. The van der Waals surface area contributed by atoms with E-state index >= 15 is 0 Å². The number of nitrogens with zero attached hydrogens (tertiary/aromatic N) is 4. The van der Waals surface area contributed by atoms with Gasteiger partial charge in [-0.2, -0.15) is 0 Å². The van der Waals surface area contributed by atoms with Crippen molar-refractivity contribution in [1.82, 2.24) is 20.2 Å². The van der Waals surface area contributed by atoms with Crippen LogP contribution in [-0.2, 0) is 0 Å². The molecule has 0 radical (unpaired) electrons. The number of aromatic nitrogens is 4. The Balaban J connectivity index is 1.81. The molecule has 2 aromatic carbocycles. The molecule has 7 heteroatoms. The smallest absolute Gasteiger partial charge is 0.202 e. The summed E-state index contributed by atoms with van der Waals surface area (Å²) >= 11 is 0. The minimum atomic E-state index is -0.951. The quantitative estimate of drug-likeness (QED) is 0.574. The number of anilines is 2. The van der Waals surface area contributed by atoms with E-state index in [1.807, 2.05) is 36.4 Å². The normalized spacial score (nSPS) is 10.6. The van der Waals surface area contributed by atoms with Crippen LogP contribution in [0, 0.1) is 11.6 Å². The van der Waals surface area contributed by atoms with Crippen LogP contribution in [-0.4, -0.2) is 20.2 Å². The molecule has 0 fully saturated rings. The van der Waals surface area contributed by atoms with Crippen molar-refractivity contribution in [2.45, 2.75) is 0 Å². The molecule has 0 amide bonds. The molecule has 2 aromatic heterocycles. The first kappa shape index (κ1) is 16.7. The summed E-state index contributed by atoms with van der Waals surface area (Å²) in [6.45, 7) is 0. The van der Waals surface area contributed by atoms with Gasteiger partial charge < -0.3 is 5.32 Å². The predicted molar refractivity (Wildman–Crippen MR) is 98.1 cm³/mol. The van der Waals surface area contributed by atoms with E-state index in [0.717, 1.165) is 17.7 Å². The second kappa shape index (κ2) is 7.25. The summed E-state index contributed by atoms with van der Waals surface area (Å²) in [6, 6.07) is 18.3. The average molecular weight is 361 g/mol. The van der Waals surface area contributed by atoms with Gasteiger partial charge in [0, 0.05) is 23.5 Å². The van der Waals surface area contributed by atoms with Crippen LogP contribution in [0.3, 0.4) is 0 Å². The Labute approximate surface area is 153 Å². The third-order valence-corrected chi connectivity index (χ3v) is 3.81. The monoisotopic (exact) mass is 361 g/mol. The largest absolute Gasteiger partial charge is 0.338 e. The molecular formula is C20H13F2N5. The van der Waals surface area contributed by atoms with Gasteiger partial charge >= 0.3 is 0 Å². The topological polar surface area (TPSA) is 63.6 Å². The Kier molecular flexibility index (Phi) is 4.49. The SMILES string of the molecule is Fc1ccc(Nc2nc(-c3ccccn3)nnc2-c2ccccc2)cc1F. The Morgan fingerprint density at radius 2 is 1.59 bits per heavy atom. The van der Waals surface area contributed by atoms with Crippen molar-refractivity contribution in [3.8, 4) is 22.8 Å². The standard InChI is InChI=1S/C20H13F2N5/c21-15-10-9-14(12-16(15)22)24-20-18(13-6-2-1-3-7-13)26-27-19(25-20)17-8-4-5-11-23-17/h1-12H,(H,24,25,27). The van der Waals surface area contributed by atoms with E-state index in [1.165, 1.54) is 6.07 Å². The molecule has 0 aliphatic heterocycles. The molecule has 0 saturated carbocycles. The molecule has 0 aliphatic carbocycles. The van der Waals surface area contributed by atoms with Gasteiger partial charge in [0.05, 0.1) is 0 Å². The third kappa shape index (κ3) is 3.62. The van der Waals surface area contributed by atoms with Crippen LogP contribution in [0.5, 0.6) is 0 Å². The zero-order chi connectivity index (χ0) is 18.6. The van der Waals surface area contributed by atoms with Crippen molar-refractivity contribution in [3.05, 3.63) is 84.6 Å². The minimum Gasteiger partial charge on any atom is -0.338 e. The van der Waals surface area contributed by atoms with Crippen molar-refractivity contribution in [3.63, 3.8) is 0 Å². The van der Waals surface area contributed by atoms with E-state index in [1.54, 1.807) is 18.3 Å². The Hall–Kier alpha value is -3.74. The second-order valence-corrected chi connectivity index (χ2v) is 5.67. The Morgan fingerprint density at radius 1 is 0.778 bits per heavy atom. The summed E-state index contributed by atoms with van der Waals surface area (Å²) in [5.41, 5.74) is 2.17. The summed E-state index contributed by atoms with van der Waals surface area (Å²) < 4.78 is 26.8. The summed E-state index contributed by atoms with van der Waals surface area (Å²) in [4.78, 5) is 8.73. The summed E-state index contributed by atoms with van der Waals surface area (Å²) in [5, 5.41) is 11.4. The van der Waals surface area contributed by atoms with E-state index in [4.69, 9.17) is 0 Å². The fourth-order valence-corrected chi connectivity index (χ4v) is 2.52. The average Bonchev–Trinajstić information content (AvgIpc) is 2.72. The van der Waals surface area contributed by atoms with Crippen molar-refractivity contribution in [1.29, 1.82) is 0 Å². The van der Waals surface area contributed by atoms with Crippen LogP contribution in [0.1, 0.15) is 0 Å². The number of hydrogen-bond acceptors (Lipinski definition) is 5. The molecule has 0 bridgehead atoms. The highest BCUT2D eigenvalue weighted by atomic mass is 19.2. The van der Waals surface area contributed by atoms with E-state index < -0.39 is 11.6 Å². The van der Waals surface area contributed by atoms with E-state index in [9.17, 15) is 8.78 Å². The molecule has 0 aliphatic rings. The van der Waals surface area contributed by atoms with Crippen molar-refractivity contribution >= 4 is 11.5 Å². The molecule has 0 saturated heterocycles. The molecule has 27 heavy (non-hydrogen) atoms. The van der Waals surface area contributed by atoms with Gasteiger partial charge in [-0.05, 0) is 24.3 Å². The van der Waals surface area contributed by atoms with E-state index in [0.29, 0.717) is 28.7 Å². The number of pyridine rings is 1. The van der Waals surface area contributed by atoms with Crippen LogP contribution in [0.2, 0.25) is 0 Å². The van der Waals surface area contributed by atoms with Gasteiger partial charge in [0.2, 0.25) is 5.82 Å². The lowest BCUT2D eigenvalue weighted by Crippen LogP contribution is -2.04. The third-order valence-electron chi connectivity index (χ3n) is 3.81. The van der Waals surface area contributed by atoms with E-state index in [2.05, 4.69) is 25.5 Å². The maximum Gasteiger partial charge on any atom is 0.202 e. The second-order valence-electron chi connectivity index (χ2n) is 5.67. The van der Waals surface area contributed by atoms with Crippen LogP contribution < -0.4 is 5.32 Å². The van der Waals surface area contributed by atoms with Gasteiger partial charge in [-0.25, -0.2) is 13.8 Å². The minimum absolute atomic E-state index is 0.320. The van der Waals surface area contributed by atoms with Crippen molar-refractivity contribution in [2.75, 3.05) is 5.32 Å². The molecule has 2 heterocycles. The Morgan fingerprint density at radius 3 is 2.33 bits per heavy atom. The first-order valence-corrected chi connectivity index (χ1v) is 8.14. The zero-order valence-electron chi connectivity index (χ0n) is 14.0. The van der Waals surface area contributed by atoms with Gasteiger partial charge in [0.25, 0.3) is 0 Å². The molecule has 0 spiro atoms. The molecule has 4 rings (SSSR count). The highest BCUT2D eigenvalue weighted by molar-refractivity contribution is 5.75. The molecule has 1 N–H and O–H groups in total. The number of hydrogen-bond donors (Lipinski definition) is 1. The maximum atomic E-state index is 13.6. The molecule has 0 atom stereocenters. The van der Waals surface area contributed by atoms with Crippen LogP contribution >= 0.6 is 0 Å². The fraction of sp³-hybridized carbons (Fsp3) is 0. The molecular weight excluding hydrogens is 348 g/mol. The van der Waals surface area contributed by atoms with Gasteiger partial charge in [0.15, 0.2) is 17.5 Å². The summed E-state index contributed by atoms with van der Waals surface area (Å²) in [6.07, 6.45) is 1.63.